The van der Waals surface area contributed by atoms with E-state index in [1.54, 1.807) is 0 Å². The van der Waals surface area contributed by atoms with Crippen LogP contribution in [0, 0.1) is 0 Å². The fraction of sp³-hybridized carbons (Fsp3) is 0.533. The average molecular weight is 263 g/mol. The van der Waals surface area contributed by atoms with E-state index in [0.717, 1.165) is 24.2 Å². The van der Waals surface area contributed by atoms with Gasteiger partial charge in [0.25, 0.3) is 0 Å². The van der Waals surface area contributed by atoms with Crippen molar-refractivity contribution in [1.82, 2.24) is 4.90 Å². The number of carbonyl (C=O) groups is 1. The molecular formula is C15H25N3O. The number of rotatable bonds is 7. The molecular weight excluding hydrogens is 238 g/mol. The summed E-state index contributed by atoms with van der Waals surface area (Å²) in [6.45, 7) is 5.73. The molecule has 0 atom stereocenters. The summed E-state index contributed by atoms with van der Waals surface area (Å²) < 4.78 is 0. The summed E-state index contributed by atoms with van der Waals surface area (Å²) in [7, 11) is 2.08. The van der Waals surface area contributed by atoms with Gasteiger partial charge in [-0.2, -0.15) is 0 Å². The van der Waals surface area contributed by atoms with Gasteiger partial charge in [0.1, 0.15) is 0 Å². The zero-order valence-electron chi connectivity index (χ0n) is 12.1. The van der Waals surface area contributed by atoms with Gasteiger partial charge in [0.15, 0.2) is 0 Å². The van der Waals surface area contributed by atoms with Crippen LogP contribution >= 0.6 is 0 Å². The quantitative estimate of drug-likeness (QED) is 0.793. The highest BCUT2D eigenvalue weighted by Crippen LogP contribution is 2.11. The van der Waals surface area contributed by atoms with Crippen LogP contribution in [0.5, 0.6) is 0 Å². The zero-order valence-corrected chi connectivity index (χ0v) is 12.1. The van der Waals surface area contributed by atoms with Gasteiger partial charge in [-0.1, -0.05) is 12.1 Å². The summed E-state index contributed by atoms with van der Waals surface area (Å²) in [6.07, 6.45) is 1.42. The normalized spacial score (nSPS) is 11.1. The lowest BCUT2D eigenvalue weighted by Gasteiger charge is -2.20. The molecule has 0 saturated carbocycles. The number of nitrogens with two attached hydrogens (primary N) is 1. The Balaban J connectivity index is 2.34. The maximum Gasteiger partial charge on any atom is 0.224 e. The van der Waals surface area contributed by atoms with Gasteiger partial charge in [0.2, 0.25) is 5.91 Å². The molecule has 1 amide bonds. The second-order valence-electron chi connectivity index (χ2n) is 5.13. The summed E-state index contributed by atoms with van der Waals surface area (Å²) in [5, 5.41) is 2.91. The Morgan fingerprint density at radius 2 is 2.16 bits per heavy atom. The Morgan fingerprint density at radius 1 is 1.42 bits per heavy atom. The standard InChI is InChI=1S/C15H25N3O/c1-12(2)18(3)9-5-8-15(19)17-14-7-4-6-13(10-14)11-16/h4,6-7,10,12H,5,8-9,11,16H2,1-3H3,(H,17,19). The summed E-state index contributed by atoms with van der Waals surface area (Å²) in [4.78, 5) is 14.0. The lowest BCUT2D eigenvalue weighted by atomic mass is 10.2. The largest absolute Gasteiger partial charge is 0.326 e. The Kier molecular flexibility index (Phi) is 6.53. The first-order valence-corrected chi connectivity index (χ1v) is 6.82. The van der Waals surface area contributed by atoms with Crippen LogP contribution in [0.2, 0.25) is 0 Å². The van der Waals surface area contributed by atoms with Crippen LogP contribution in [-0.2, 0) is 11.3 Å². The molecule has 0 spiro atoms. The van der Waals surface area contributed by atoms with E-state index >= 15 is 0 Å². The molecule has 1 aromatic rings. The summed E-state index contributed by atoms with van der Waals surface area (Å²) in [5.74, 6) is 0.0614. The third kappa shape index (κ3) is 5.85. The molecule has 4 heteroatoms. The predicted molar refractivity (Wildman–Crippen MR) is 80.0 cm³/mol. The Labute approximate surface area is 116 Å². The molecule has 0 aliphatic carbocycles. The van der Waals surface area contributed by atoms with E-state index in [1.807, 2.05) is 24.3 Å². The molecule has 0 unspecified atom stereocenters. The van der Waals surface area contributed by atoms with Crippen LogP contribution in [0.3, 0.4) is 0 Å². The summed E-state index contributed by atoms with van der Waals surface area (Å²) in [5.41, 5.74) is 7.42. The molecule has 19 heavy (non-hydrogen) atoms. The summed E-state index contributed by atoms with van der Waals surface area (Å²) >= 11 is 0. The first-order chi connectivity index (χ1) is 9.02. The molecule has 4 nitrogen and oxygen atoms in total. The third-order valence-electron chi connectivity index (χ3n) is 3.24. The van der Waals surface area contributed by atoms with Crippen molar-refractivity contribution in [2.45, 2.75) is 39.3 Å². The molecule has 1 rings (SSSR count). The van der Waals surface area contributed by atoms with Gasteiger partial charge in [0, 0.05) is 24.7 Å². The van der Waals surface area contributed by atoms with Crippen LogP contribution in [0.1, 0.15) is 32.3 Å². The van der Waals surface area contributed by atoms with Crippen molar-refractivity contribution in [2.75, 3.05) is 18.9 Å². The van der Waals surface area contributed by atoms with E-state index in [2.05, 4.69) is 31.1 Å². The number of amides is 1. The molecule has 0 aliphatic rings. The molecule has 0 bridgehead atoms. The van der Waals surface area contributed by atoms with Crippen molar-refractivity contribution < 1.29 is 4.79 Å². The second kappa shape index (κ2) is 7.92. The first kappa shape index (κ1) is 15.7. The monoisotopic (exact) mass is 263 g/mol. The Bertz CT molecular complexity index is 404. The number of nitrogens with one attached hydrogen (secondary N) is 1. The van der Waals surface area contributed by atoms with E-state index in [1.165, 1.54) is 0 Å². The number of benzene rings is 1. The second-order valence-corrected chi connectivity index (χ2v) is 5.13. The van der Waals surface area contributed by atoms with Crippen LogP contribution in [0.25, 0.3) is 0 Å². The molecule has 0 aliphatic heterocycles. The van der Waals surface area contributed by atoms with Crippen molar-refractivity contribution >= 4 is 11.6 Å². The molecule has 106 valence electrons. The summed E-state index contributed by atoms with van der Waals surface area (Å²) in [6, 6.07) is 8.18. The predicted octanol–water partition coefficient (Wildman–Crippen LogP) is 2.20. The highest BCUT2D eigenvalue weighted by atomic mass is 16.1. The number of carbonyl (C=O) groups excluding carboxylic acids is 1. The molecule has 0 saturated heterocycles. The minimum atomic E-state index is 0.0614. The average Bonchev–Trinajstić information content (AvgIpc) is 2.38. The lowest BCUT2D eigenvalue weighted by Crippen LogP contribution is -2.28. The van der Waals surface area contributed by atoms with Crippen molar-refractivity contribution in [3.05, 3.63) is 29.8 Å². The number of hydrogen-bond acceptors (Lipinski definition) is 3. The van der Waals surface area contributed by atoms with Gasteiger partial charge in [-0.15, -0.1) is 0 Å². The van der Waals surface area contributed by atoms with Crippen LogP contribution in [0.15, 0.2) is 24.3 Å². The lowest BCUT2D eigenvalue weighted by molar-refractivity contribution is -0.116. The van der Waals surface area contributed by atoms with E-state index in [-0.39, 0.29) is 5.91 Å². The van der Waals surface area contributed by atoms with Gasteiger partial charge in [0.05, 0.1) is 0 Å². The van der Waals surface area contributed by atoms with E-state index in [0.29, 0.717) is 19.0 Å². The molecule has 0 radical (unpaired) electrons. The van der Waals surface area contributed by atoms with Crippen LogP contribution in [0.4, 0.5) is 5.69 Å². The van der Waals surface area contributed by atoms with Crippen molar-refractivity contribution in [1.29, 1.82) is 0 Å². The van der Waals surface area contributed by atoms with Gasteiger partial charge < -0.3 is 16.0 Å². The van der Waals surface area contributed by atoms with E-state index < -0.39 is 0 Å². The SMILES string of the molecule is CC(C)N(C)CCCC(=O)Nc1cccc(CN)c1. The van der Waals surface area contributed by atoms with E-state index in [4.69, 9.17) is 5.73 Å². The third-order valence-corrected chi connectivity index (χ3v) is 3.24. The Morgan fingerprint density at radius 3 is 2.79 bits per heavy atom. The topological polar surface area (TPSA) is 58.4 Å². The minimum absolute atomic E-state index is 0.0614. The maximum absolute atomic E-state index is 11.8. The van der Waals surface area contributed by atoms with E-state index in [9.17, 15) is 4.79 Å². The van der Waals surface area contributed by atoms with Crippen molar-refractivity contribution in [3.63, 3.8) is 0 Å². The minimum Gasteiger partial charge on any atom is -0.326 e. The molecule has 0 heterocycles. The number of hydrogen-bond donors (Lipinski definition) is 2. The molecule has 0 aromatic heterocycles. The molecule has 0 fully saturated rings. The van der Waals surface area contributed by atoms with Crippen molar-refractivity contribution in [3.8, 4) is 0 Å². The van der Waals surface area contributed by atoms with Crippen molar-refractivity contribution in [2.24, 2.45) is 5.73 Å². The van der Waals surface area contributed by atoms with Gasteiger partial charge in [-0.05, 0) is 51.6 Å². The highest BCUT2D eigenvalue weighted by molar-refractivity contribution is 5.90. The molecule has 1 aromatic carbocycles. The zero-order chi connectivity index (χ0) is 14.3. The van der Waals surface area contributed by atoms with Gasteiger partial charge >= 0.3 is 0 Å². The fourth-order valence-electron chi connectivity index (χ4n) is 1.75. The Hall–Kier alpha value is -1.39. The van der Waals surface area contributed by atoms with Crippen LogP contribution < -0.4 is 11.1 Å². The fourth-order valence-corrected chi connectivity index (χ4v) is 1.75. The number of anilines is 1. The first-order valence-electron chi connectivity index (χ1n) is 6.82. The van der Waals surface area contributed by atoms with Crippen LogP contribution in [-0.4, -0.2) is 30.4 Å². The maximum atomic E-state index is 11.8. The number of nitrogens with zero attached hydrogens (tertiary/aromatic N) is 1. The smallest absolute Gasteiger partial charge is 0.224 e. The molecule has 3 N–H and O–H groups in total. The highest BCUT2D eigenvalue weighted by Gasteiger charge is 2.06. The van der Waals surface area contributed by atoms with Gasteiger partial charge in [-0.25, -0.2) is 0 Å². The van der Waals surface area contributed by atoms with Gasteiger partial charge in [-0.3, -0.25) is 4.79 Å².